The summed E-state index contributed by atoms with van der Waals surface area (Å²) in [6.07, 6.45) is 6.48. The summed E-state index contributed by atoms with van der Waals surface area (Å²) in [6, 6.07) is 0. The van der Waals surface area contributed by atoms with Crippen molar-refractivity contribution in [1.29, 1.82) is 0 Å². The molecule has 0 spiro atoms. The van der Waals surface area contributed by atoms with Crippen molar-refractivity contribution in [3.63, 3.8) is 0 Å². The highest BCUT2D eigenvalue weighted by Gasteiger charge is 2.15. The lowest BCUT2D eigenvalue weighted by molar-refractivity contribution is -0.143. The third-order valence-corrected chi connectivity index (χ3v) is 2.22. The van der Waals surface area contributed by atoms with Crippen molar-refractivity contribution in [3.05, 3.63) is 25.5 Å². The maximum atomic E-state index is 11.2. The van der Waals surface area contributed by atoms with Crippen LogP contribution in [0.25, 0.3) is 0 Å². The molecule has 0 saturated heterocycles. The second-order valence-electron chi connectivity index (χ2n) is 3.67. The lowest BCUT2D eigenvalue weighted by atomic mass is 10.00. The normalized spacial score (nSPS) is 10.5. The molecule has 98 valence electrons. The predicted octanol–water partition coefficient (Wildman–Crippen LogP) is 3.65. The van der Waals surface area contributed by atoms with E-state index in [0.717, 1.165) is 25.7 Å². The van der Waals surface area contributed by atoms with Gasteiger partial charge in [0.15, 0.2) is 5.78 Å². The van der Waals surface area contributed by atoms with Gasteiger partial charge in [-0.3, -0.25) is 9.59 Å². The largest absolute Gasteiger partial charge is 0.435 e. The molecule has 0 amide bonds. The molecule has 0 heterocycles. The molecule has 3 nitrogen and oxygen atoms in total. The summed E-state index contributed by atoms with van der Waals surface area (Å²) < 4.78 is 4.72. The van der Waals surface area contributed by atoms with Gasteiger partial charge in [0.25, 0.3) is 0 Å². The van der Waals surface area contributed by atoms with E-state index in [9.17, 15) is 9.59 Å². The van der Waals surface area contributed by atoms with Gasteiger partial charge in [-0.2, -0.15) is 0 Å². The van der Waals surface area contributed by atoms with Crippen LogP contribution in [0.5, 0.6) is 0 Å². The maximum Gasteiger partial charge on any atom is 0.313 e. The minimum atomic E-state index is -0.138. The molecule has 3 heteroatoms. The van der Waals surface area contributed by atoms with Gasteiger partial charge in [0.05, 0.1) is 12.2 Å². The molecule has 0 fully saturated rings. The van der Waals surface area contributed by atoms with Crippen LogP contribution in [0.3, 0.4) is 0 Å². The Morgan fingerprint density at radius 2 is 1.82 bits per heavy atom. The number of unbranched alkanes of at least 4 members (excludes halogenated alkanes) is 1. The maximum absolute atomic E-state index is 11.2. The first-order chi connectivity index (χ1) is 8.03. The average molecular weight is 240 g/mol. The zero-order valence-electron chi connectivity index (χ0n) is 11.2. The molecule has 0 radical (unpaired) electrons. The molecule has 0 aromatic carbocycles. The topological polar surface area (TPSA) is 43.4 Å². The first kappa shape index (κ1) is 18.0. The van der Waals surface area contributed by atoms with Crippen LogP contribution in [0.15, 0.2) is 25.5 Å². The van der Waals surface area contributed by atoms with Crippen molar-refractivity contribution in [3.8, 4) is 0 Å². The van der Waals surface area contributed by atoms with Crippen molar-refractivity contribution in [2.75, 3.05) is 0 Å². The number of hydrogen-bond acceptors (Lipinski definition) is 3. The fraction of sp³-hybridized carbons (Fsp3) is 0.571. The Hall–Kier alpha value is -1.38. The molecule has 0 aliphatic heterocycles. The summed E-state index contributed by atoms with van der Waals surface area (Å²) >= 11 is 0. The first-order valence-electron chi connectivity index (χ1n) is 5.97. The zero-order valence-corrected chi connectivity index (χ0v) is 11.2. The highest BCUT2D eigenvalue weighted by atomic mass is 16.5. The summed E-state index contributed by atoms with van der Waals surface area (Å²) in [5.74, 6) is -0.0612. The van der Waals surface area contributed by atoms with E-state index in [1.165, 1.54) is 19.3 Å². The van der Waals surface area contributed by atoms with Crippen LogP contribution in [0, 0.1) is 5.92 Å². The smallest absolute Gasteiger partial charge is 0.313 e. The molecular weight excluding hydrogens is 216 g/mol. The Bertz CT molecular complexity index is 244. The Kier molecular flexibility index (Phi) is 13.4. The summed E-state index contributed by atoms with van der Waals surface area (Å²) in [7, 11) is 0. The first-order valence-corrected chi connectivity index (χ1v) is 5.97. The molecular formula is C14H24O3. The highest BCUT2D eigenvalue weighted by molar-refractivity contribution is 5.86. The van der Waals surface area contributed by atoms with E-state index in [4.69, 9.17) is 4.74 Å². The van der Waals surface area contributed by atoms with Crippen molar-refractivity contribution >= 4 is 11.8 Å². The molecule has 0 aromatic rings. The van der Waals surface area contributed by atoms with Crippen LogP contribution in [-0.2, 0) is 14.3 Å². The second-order valence-corrected chi connectivity index (χ2v) is 3.67. The lowest BCUT2D eigenvalue weighted by Crippen LogP contribution is -2.14. The van der Waals surface area contributed by atoms with Gasteiger partial charge < -0.3 is 4.74 Å². The molecule has 0 rings (SSSR count). The Balaban J connectivity index is 0. The standard InChI is InChI=1S/C10H18O2.C4H6O/c1-4-7-8-9(5-2)10(11)12-6-3;1-3-4(2)5/h6,9H,3-5,7-8H2,1-2H3;3H,1H2,2H3. The third kappa shape index (κ3) is 12.6. The summed E-state index contributed by atoms with van der Waals surface area (Å²) in [5.41, 5.74) is 0. The number of hydrogen-bond donors (Lipinski definition) is 0. The van der Waals surface area contributed by atoms with Crippen LogP contribution in [0.1, 0.15) is 46.5 Å². The number of carbonyl (C=O) groups is 2. The quantitative estimate of drug-likeness (QED) is 0.387. The van der Waals surface area contributed by atoms with Gasteiger partial charge in [-0.1, -0.05) is 39.8 Å². The molecule has 0 saturated carbocycles. The molecule has 1 unspecified atom stereocenters. The molecule has 0 aliphatic carbocycles. The molecule has 0 N–H and O–H groups in total. The van der Waals surface area contributed by atoms with Gasteiger partial charge in [0.2, 0.25) is 0 Å². The third-order valence-electron chi connectivity index (χ3n) is 2.22. The fourth-order valence-electron chi connectivity index (χ4n) is 1.12. The minimum absolute atomic E-state index is 0.0185. The summed E-state index contributed by atoms with van der Waals surface area (Å²) in [4.78, 5) is 20.9. The van der Waals surface area contributed by atoms with E-state index in [2.05, 4.69) is 20.1 Å². The zero-order chi connectivity index (χ0) is 13.7. The number of carbonyl (C=O) groups excluding carboxylic acids is 2. The van der Waals surface area contributed by atoms with Crippen LogP contribution < -0.4 is 0 Å². The fourth-order valence-corrected chi connectivity index (χ4v) is 1.12. The summed E-state index contributed by atoms with van der Waals surface area (Å²) in [5, 5.41) is 0. The van der Waals surface area contributed by atoms with Gasteiger partial charge in [0.1, 0.15) is 0 Å². The van der Waals surface area contributed by atoms with Gasteiger partial charge >= 0.3 is 5.97 Å². The van der Waals surface area contributed by atoms with Crippen LogP contribution in [-0.4, -0.2) is 11.8 Å². The average Bonchev–Trinajstić information content (AvgIpc) is 2.31. The van der Waals surface area contributed by atoms with Crippen molar-refractivity contribution < 1.29 is 14.3 Å². The van der Waals surface area contributed by atoms with Gasteiger partial charge in [0, 0.05) is 0 Å². The van der Waals surface area contributed by atoms with Crippen LogP contribution >= 0.6 is 0 Å². The molecule has 17 heavy (non-hydrogen) atoms. The van der Waals surface area contributed by atoms with E-state index in [1.54, 1.807) is 0 Å². The van der Waals surface area contributed by atoms with E-state index in [0.29, 0.717) is 0 Å². The number of ketones is 1. The predicted molar refractivity (Wildman–Crippen MR) is 70.5 cm³/mol. The van der Waals surface area contributed by atoms with Gasteiger partial charge in [-0.25, -0.2) is 0 Å². The molecule has 0 aliphatic rings. The van der Waals surface area contributed by atoms with Crippen LogP contribution in [0.4, 0.5) is 0 Å². The molecule has 1 atom stereocenters. The summed E-state index contributed by atoms with van der Waals surface area (Å²) in [6.45, 7) is 12.2. The second kappa shape index (κ2) is 12.7. The van der Waals surface area contributed by atoms with E-state index in [-0.39, 0.29) is 17.7 Å². The molecule has 0 bridgehead atoms. The Morgan fingerprint density at radius 3 is 2.12 bits per heavy atom. The number of ether oxygens (including phenoxy) is 1. The van der Waals surface area contributed by atoms with Crippen LogP contribution in [0.2, 0.25) is 0 Å². The van der Waals surface area contributed by atoms with Crippen molar-refractivity contribution in [1.82, 2.24) is 0 Å². The SMILES string of the molecule is C=CC(C)=O.C=COC(=O)C(CC)CCCC. The van der Waals surface area contributed by atoms with Gasteiger partial charge in [-0.15, -0.1) is 0 Å². The monoisotopic (exact) mass is 240 g/mol. The van der Waals surface area contributed by atoms with E-state index >= 15 is 0 Å². The minimum Gasteiger partial charge on any atom is -0.435 e. The Labute approximate surface area is 105 Å². The lowest BCUT2D eigenvalue weighted by Gasteiger charge is -2.10. The van der Waals surface area contributed by atoms with Gasteiger partial charge in [-0.05, 0) is 25.8 Å². The Morgan fingerprint density at radius 1 is 1.29 bits per heavy atom. The van der Waals surface area contributed by atoms with E-state index in [1.807, 2.05) is 6.92 Å². The number of esters is 1. The number of allylic oxidation sites excluding steroid dienone is 1. The van der Waals surface area contributed by atoms with E-state index < -0.39 is 0 Å². The van der Waals surface area contributed by atoms with Crippen molar-refractivity contribution in [2.24, 2.45) is 5.92 Å². The molecule has 0 aromatic heterocycles. The van der Waals surface area contributed by atoms with Crippen molar-refractivity contribution in [2.45, 2.75) is 46.5 Å². The highest BCUT2D eigenvalue weighted by Crippen LogP contribution is 2.14. The number of rotatable bonds is 7.